The SMILES string of the molecule is C[C@@H]1CC[C@@H]2C(=O)N(N(C(=O)c3ccc(Cl)cc3)[C@H](C)C(=O)c3ccc(Cl)cc3)C(=O)[C@@H]2C1. The highest BCUT2D eigenvalue weighted by molar-refractivity contribution is 6.31. The molecule has 3 amide bonds. The van der Waals surface area contributed by atoms with Crippen molar-refractivity contribution < 1.29 is 19.2 Å². The number of hydrazine groups is 1. The smallest absolute Gasteiger partial charge is 0.273 e. The number of Topliss-reactive ketones (excluding diaryl/α,β-unsaturated/α-hetero) is 1. The van der Waals surface area contributed by atoms with Gasteiger partial charge in [-0.1, -0.05) is 30.1 Å². The summed E-state index contributed by atoms with van der Waals surface area (Å²) in [4.78, 5) is 53.7. The lowest BCUT2D eigenvalue weighted by atomic mass is 9.76. The van der Waals surface area contributed by atoms with Crippen LogP contribution in [0.1, 0.15) is 53.8 Å². The van der Waals surface area contributed by atoms with E-state index in [-0.39, 0.29) is 5.56 Å². The Morgan fingerprint density at radius 1 is 0.879 bits per heavy atom. The van der Waals surface area contributed by atoms with E-state index in [1.54, 1.807) is 36.4 Å². The van der Waals surface area contributed by atoms with Gasteiger partial charge in [-0.15, -0.1) is 0 Å². The lowest BCUT2D eigenvalue weighted by Crippen LogP contribution is -2.56. The van der Waals surface area contributed by atoms with Crippen LogP contribution in [0.2, 0.25) is 10.0 Å². The Labute approximate surface area is 202 Å². The third kappa shape index (κ3) is 4.42. The van der Waals surface area contributed by atoms with Gasteiger partial charge in [-0.3, -0.25) is 19.2 Å². The number of hydrogen-bond acceptors (Lipinski definition) is 4. The number of rotatable bonds is 5. The highest BCUT2D eigenvalue weighted by Gasteiger charge is 2.54. The van der Waals surface area contributed by atoms with Gasteiger partial charge in [0.05, 0.1) is 11.8 Å². The average Bonchev–Trinajstić information content (AvgIpc) is 3.04. The Morgan fingerprint density at radius 3 is 1.97 bits per heavy atom. The highest BCUT2D eigenvalue weighted by Crippen LogP contribution is 2.41. The predicted octanol–water partition coefficient (Wildman–Crippen LogP) is 5.04. The lowest BCUT2D eigenvalue weighted by molar-refractivity contribution is -0.156. The Bertz CT molecular complexity index is 1100. The number of imide groups is 1. The first-order chi connectivity index (χ1) is 15.7. The first-order valence-corrected chi connectivity index (χ1v) is 11.7. The summed E-state index contributed by atoms with van der Waals surface area (Å²) in [5.41, 5.74) is 0.546. The molecule has 8 heteroatoms. The van der Waals surface area contributed by atoms with Gasteiger partial charge in [0.25, 0.3) is 17.7 Å². The number of hydrogen-bond donors (Lipinski definition) is 0. The van der Waals surface area contributed by atoms with E-state index >= 15 is 0 Å². The molecule has 2 fully saturated rings. The van der Waals surface area contributed by atoms with Crippen molar-refractivity contribution in [3.8, 4) is 0 Å². The van der Waals surface area contributed by atoms with Crippen LogP contribution in [0.15, 0.2) is 48.5 Å². The van der Waals surface area contributed by atoms with Crippen LogP contribution in [0.5, 0.6) is 0 Å². The molecule has 1 saturated carbocycles. The summed E-state index contributed by atoms with van der Waals surface area (Å²) < 4.78 is 0. The van der Waals surface area contributed by atoms with E-state index in [1.807, 2.05) is 0 Å². The van der Waals surface area contributed by atoms with Gasteiger partial charge in [-0.25, -0.2) is 5.01 Å². The Balaban J connectivity index is 1.74. The van der Waals surface area contributed by atoms with E-state index < -0.39 is 41.4 Å². The van der Waals surface area contributed by atoms with Gasteiger partial charge in [-0.05, 0) is 80.6 Å². The quantitative estimate of drug-likeness (QED) is 0.438. The normalized spacial score (nSPS) is 23.3. The number of halogens is 2. The van der Waals surface area contributed by atoms with E-state index in [0.717, 1.165) is 16.4 Å². The molecule has 1 aliphatic heterocycles. The van der Waals surface area contributed by atoms with Gasteiger partial charge in [0.1, 0.15) is 6.04 Å². The van der Waals surface area contributed by atoms with Gasteiger partial charge < -0.3 is 0 Å². The Morgan fingerprint density at radius 2 is 1.39 bits per heavy atom. The molecule has 0 bridgehead atoms. The fourth-order valence-electron chi connectivity index (χ4n) is 4.72. The Hall–Kier alpha value is -2.70. The van der Waals surface area contributed by atoms with E-state index in [4.69, 9.17) is 23.2 Å². The monoisotopic (exact) mass is 486 g/mol. The Kier molecular flexibility index (Phi) is 6.59. The molecule has 2 aliphatic rings. The zero-order valence-electron chi connectivity index (χ0n) is 18.3. The number of ketones is 1. The van der Waals surface area contributed by atoms with E-state index in [1.165, 1.54) is 19.1 Å². The van der Waals surface area contributed by atoms with Crippen molar-refractivity contribution in [3.63, 3.8) is 0 Å². The van der Waals surface area contributed by atoms with Crippen molar-refractivity contribution in [2.75, 3.05) is 0 Å². The maximum absolute atomic E-state index is 13.6. The molecule has 0 radical (unpaired) electrons. The number of nitrogens with zero attached hydrogens (tertiary/aromatic N) is 2. The van der Waals surface area contributed by atoms with Crippen LogP contribution in [0, 0.1) is 17.8 Å². The van der Waals surface area contributed by atoms with E-state index in [9.17, 15) is 19.2 Å². The third-order valence-electron chi connectivity index (χ3n) is 6.55. The molecule has 1 aliphatic carbocycles. The maximum atomic E-state index is 13.6. The molecule has 2 aromatic carbocycles. The lowest BCUT2D eigenvalue weighted by Gasteiger charge is -2.34. The second kappa shape index (κ2) is 9.27. The molecule has 33 heavy (non-hydrogen) atoms. The summed E-state index contributed by atoms with van der Waals surface area (Å²) in [6.45, 7) is 3.58. The molecular formula is C25H24Cl2N2O4. The number of amides is 3. The molecule has 0 N–H and O–H groups in total. The summed E-state index contributed by atoms with van der Waals surface area (Å²) in [5.74, 6) is -2.49. The summed E-state index contributed by atoms with van der Waals surface area (Å²) in [6.07, 6.45) is 2.03. The topological polar surface area (TPSA) is 74.8 Å². The first kappa shape index (κ1) is 23.5. The molecule has 0 spiro atoms. The molecule has 4 atom stereocenters. The summed E-state index contributed by atoms with van der Waals surface area (Å²) in [7, 11) is 0. The predicted molar refractivity (Wildman–Crippen MR) is 125 cm³/mol. The summed E-state index contributed by atoms with van der Waals surface area (Å²) >= 11 is 11.9. The van der Waals surface area contributed by atoms with Gasteiger partial charge in [0, 0.05) is 21.2 Å². The molecule has 1 heterocycles. The van der Waals surface area contributed by atoms with Crippen molar-refractivity contribution in [2.24, 2.45) is 17.8 Å². The molecule has 0 unspecified atom stereocenters. The standard InChI is InChI=1S/C25H24Cl2N2O4/c1-14-3-12-20-21(13-14)25(33)29(24(20)32)28(23(31)17-6-10-19(27)11-7-17)15(2)22(30)16-4-8-18(26)9-5-16/h4-11,14-15,20-21H,3,12-13H2,1-2H3/t14-,15-,20+,21-/m1/s1. The first-order valence-electron chi connectivity index (χ1n) is 11.0. The molecule has 0 aromatic heterocycles. The fraction of sp³-hybridized carbons (Fsp3) is 0.360. The zero-order valence-corrected chi connectivity index (χ0v) is 19.8. The van der Waals surface area contributed by atoms with Gasteiger partial charge in [0.15, 0.2) is 5.78 Å². The van der Waals surface area contributed by atoms with Crippen LogP contribution >= 0.6 is 23.2 Å². The summed E-state index contributed by atoms with van der Waals surface area (Å²) in [5, 5.41) is 2.85. The molecule has 172 valence electrons. The molecule has 1 saturated heterocycles. The van der Waals surface area contributed by atoms with Gasteiger partial charge >= 0.3 is 0 Å². The summed E-state index contributed by atoms with van der Waals surface area (Å²) in [6, 6.07) is 11.3. The molecule has 6 nitrogen and oxygen atoms in total. The fourth-order valence-corrected chi connectivity index (χ4v) is 4.97. The van der Waals surface area contributed by atoms with Crippen molar-refractivity contribution in [1.29, 1.82) is 0 Å². The van der Waals surface area contributed by atoms with Crippen LogP contribution in [-0.2, 0) is 9.59 Å². The number of benzene rings is 2. The molecule has 2 aromatic rings. The highest BCUT2D eigenvalue weighted by atomic mass is 35.5. The van der Waals surface area contributed by atoms with Crippen molar-refractivity contribution in [2.45, 2.75) is 39.2 Å². The second-order valence-electron chi connectivity index (χ2n) is 8.82. The minimum Gasteiger partial charge on any atom is -0.292 e. The van der Waals surface area contributed by atoms with E-state index in [0.29, 0.717) is 34.4 Å². The second-order valence-corrected chi connectivity index (χ2v) is 9.70. The van der Waals surface area contributed by atoms with Crippen LogP contribution in [0.25, 0.3) is 0 Å². The van der Waals surface area contributed by atoms with Crippen molar-refractivity contribution in [3.05, 3.63) is 69.7 Å². The zero-order chi connectivity index (χ0) is 23.9. The van der Waals surface area contributed by atoms with Crippen LogP contribution in [0.3, 0.4) is 0 Å². The van der Waals surface area contributed by atoms with Crippen molar-refractivity contribution in [1.82, 2.24) is 10.0 Å². The maximum Gasteiger partial charge on any atom is 0.273 e. The largest absolute Gasteiger partial charge is 0.292 e. The van der Waals surface area contributed by atoms with Crippen molar-refractivity contribution >= 4 is 46.7 Å². The van der Waals surface area contributed by atoms with Gasteiger partial charge in [-0.2, -0.15) is 5.01 Å². The minimum absolute atomic E-state index is 0.221. The van der Waals surface area contributed by atoms with Crippen LogP contribution in [-0.4, -0.2) is 39.6 Å². The number of fused-ring (bicyclic) bond motifs is 1. The third-order valence-corrected chi connectivity index (χ3v) is 7.06. The molecule has 4 rings (SSSR count). The van der Waals surface area contributed by atoms with Crippen LogP contribution < -0.4 is 0 Å². The minimum atomic E-state index is -1.10. The number of carbonyl (C=O) groups is 4. The van der Waals surface area contributed by atoms with Gasteiger partial charge in [0.2, 0.25) is 0 Å². The average molecular weight is 487 g/mol. The van der Waals surface area contributed by atoms with E-state index in [2.05, 4.69) is 6.92 Å². The molecular weight excluding hydrogens is 463 g/mol. The number of carbonyl (C=O) groups excluding carboxylic acids is 4. The van der Waals surface area contributed by atoms with Crippen LogP contribution in [0.4, 0.5) is 0 Å².